The van der Waals surface area contributed by atoms with Crippen LogP contribution in [0.4, 0.5) is 4.79 Å². The van der Waals surface area contributed by atoms with Gasteiger partial charge >= 0.3 is 6.09 Å². The molecule has 2 unspecified atom stereocenters. The molecule has 2 heterocycles. The van der Waals surface area contributed by atoms with Gasteiger partial charge in [0.25, 0.3) is 0 Å². The Kier molecular flexibility index (Phi) is 3.09. The number of hydrogen-bond donors (Lipinski definition) is 1. The summed E-state index contributed by atoms with van der Waals surface area (Å²) in [5, 5.41) is 9.21. The molecular formula is C15H19NO4. The number of rotatable bonds is 2. The second kappa shape index (κ2) is 4.66. The third kappa shape index (κ3) is 1.93. The van der Waals surface area contributed by atoms with Gasteiger partial charge in [-0.25, -0.2) is 4.79 Å². The molecule has 1 aromatic carbocycles. The van der Waals surface area contributed by atoms with Gasteiger partial charge in [-0.2, -0.15) is 0 Å². The first kappa shape index (κ1) is 13.2. The maximum Gasteiger partial charge on any atom is 0.407 e. The number of carbonyl (C=O) groups is 1. The fourth-order valence-corrected chi connectivity index (χ4v) is 3.28. The fourth-order valence-electron chi connectivity index (χ4n) is 3.28. The van der Waals surface area contributed by atoms with Gasteiger partial charge in [-0.15, -0.1) is 0 Å². The largest absolute Gasteiger partial charge is 0.493 e. The average molecular weight is 277 g/mol. The van der Waals surface area contributed by atoms with Gasteiger partial charge in [0.2, 0.25) is 0 Å². The Balaban J connectivity index is 1.99. The Morgan fingerprint density at radius 1 is 1.60 bits per heavy atom. The molecule has 1 saturated heterocycles. The van der Waals surface area contributed by atoms with E-state index in [2.05, 4.69) is 6.07 Å². The molecule has 2 atom stereocenters. The van der Waals surface area contributed by atoms with Crippen molar-refractivity contribution in [3.63, 3.8) is 0 Å². The smallest absolute Gasteiger partial charge is 0.407 e. The number of nitrogens with zero attached hydrogens (tertiary/aromatic N) is 1. The molecule has 1 N–H and O–H groups in total. The van der Waals surface area contributed by atoms with E-state index in [1.54, 1.807) is 0 Å². The van der Waals surface area contributed by atoms with Crippen LogP contribution < -0.4 is 4.74 Å². The van der Waals surface area contributed by atoms with Crippen LogP contribution in [0.25, 0.3) is 0 Å². The second-order valence-corrected chi connectivity index (χ2v) is 5.57. The van der Waals surface area contributed by atoms with Crippen molar-refractivity contribution in [1.29, 1.82) is 0 Å². The second-order valence-electron chi connectivity index (χ2n) is 5.57. The molecule has 0 bridgehead atoms. The molecule has 2 aliphatic rings. The van der Waals surface area contributed by atoms with E-state index in [0.717, 1.165) is 16.9 Å². The topological polar surface area (TPSA) is 59.0 Å². The lowest BCUT2D eigenvalue weighted by atomic mass is 9.81. The van der Waals surface area contributed by atoms with Crippen LogP contribution in [0.15, 0.2) is 18.2 Å². The van der Waals surface area contributed by atoms with Crippen LogP contribution in [0.1, 0.15) is 30.9 Å². The lowest BCUT2D eigenvalue weighted by Gasteiger charge is -2.37. The van der Waals surface area contributed by atoms with Gasteiger partial charge in [-0.1, -0.05) is 12.1 Å². The summed E-state index contributed by atoms with van der Waals surface area (Å²) in [5.74, 6) is 0.920. The van der Waals surface area contributed by atoms with Crippen molar-refractivity contribution in [1.82, 2.24) is 4.90 Å². The minimum atomic E-state index is -0.883. The Morgan fingerprint density at radius 2 is 2.40 bits per heavy atom. The third-order valence-electron chi connectivity index (χ3n) is 4.31. The van der Waals surface area contributed by atoms with Crippen molar-refractivity contribution in [2.75, 3.05) is 19.7 Å². The van der Waals surface area contributed by atoms with Crippen molar-refractivity contribution < 1.29 is 19.4 Å². The van der Waals surface area contributed by atoms with Crippen LogP contribution in [0.2, 0.25) is 0 Å². The van der Waals surface area contributed by atoms with Crippen molar-refractivity contribution >= 4 is 6.09 Å². The van der Waals surface area contributed by atoms with E-state index in [1.165, 1.54) is 4.90 Å². The SMILES string of the molecule is CCOc1cccc2c1COC1(C)CN(C(=O)O)CC21. The zero-order valence-corrected chi connectivity index (χ0v) is 11.8. The number of hydrogen-bond acceptors (Lipinski definition) is 3. The first-order valence-electron chi connectivity index (χ1n) is 6.91. The van der Waals surface area contributed by atoms with Crippen LogP contribution in [-0.4, -0.2) is 41.4 Å². The standard InChI is InChI=1S/C15H19NO4/c1-3-19-13-6-4-5-10-11(13)8-20-15(2)9-16(14(17)18)7-12(10)15/h4-6,12H,3,7-9H2,1-2H3,(H,17,18). The van der Waals surface area contributed by atoms with Gasteiger partial charge in [-0.3, -0.25) is 0 Å². The lowest BCUT2D eigenvalue weighted by molar-refractivity contribution is -0.0566. The van der Waals surface area contributed by atoms with E-state index in [9.17, 15) is 9.90 Å². The summed E-state index contributed by atoms with van der Waals surface area (Å²) in [6.45, 7) is 5.94. The Morgan fingerprint density at radius 3 is 3.10 bits per heavy atom. The first-order chi connectivity index (χ1) is 9.55. The van der Waals surface area contributed by atoms with Gasteiger partial charge in [0.05, 0.1) is 25.4 Å². The van der Waals surface area contributed by atoms with Crippen LogP contribution >= 0.6 is 0 Å². The third-order valence-corrected chi connectivity index (χ3v) is 4.31. The van der Waals surface area contributed by atoms with Gasteiger partial charge < -0.3 is 19.5 Å². The summed E-state index contributed by atoms with van der Waals surface area (Å²) in [4.78, 5) is 12.7. The van der Waals surface area contributed by atoms with Crippen molar-refractivity contribution in [3.8, 4) is 5.75 Å². The van der Waals surface area contributed by atoms with E-state index in [0.29, 0.717) is 26.3 Å². The maximum atomic E-state index is 11.2. The van der Waals surface area contributed by atoms with Crippen LogP contribution in [0.3, 0.4) is 0 Å². The molecule has 5 heteroatoms. The average Bonchev–Trinajstić information content (AvgIpc) is 2.78. The first-order valence-corrected chi connectivity index (χ1v) is 6.91. The summed E-state index contributed by atoms with van der Waals surface area (Å²) in [5.41, 5.74) is 1.79. The Bertz CT molecular complexity index is 545. The molecule has 2 aliphatic heterocycles. The summed E-state index contributed by atoms with van der Waals surface area (Å²) >= 11 is 0. The normalized spacial score (nSPS) is 27.9. The minimum absolute atomic E-state index is 0.0720. The van der Waals surface area contributed by atoms with Crippen molar-refractivity contribution in [3.05, 3.63) is 29.3 Å². The molecule has 0 aliphatic carbocycles. The monoisotopic (exact) mass is 277 g/mol. The maximum absolute atomic E-state index is 11.2. The zero-order chi connectivity index (χ0) is 14.3. The highest BCUT2D eigenvalue weighted by molar-refractivity contribution is 5.66. The molecule has 1 fully saturated rings. The Labute approximate surface area is 118 Å². The molecule has 0 spiro atoms. The molecule has 1 amide bonds. The molecule has 0 radical (unpaired) electrons. The van der Waals surface area contributed by atoms with Crippen LogP contribution in [0, 0.1) is 0 Å². The molecule has 0 saturated carbocycles. The summed E-state index contributed by atoms with van der Waals surface area (Å²) in [7, 11) is 0. The predicted molar refractivity (Wildman–Crippen MR) is 73.1 cm³/mol. The van der Waals surface area contributed by atoms with Crippen molar-refractivity contribution in [2.24, 2.45) is 0 Å². The highest BCUT2D eigenvalue weighted by Crippen LogP contribution is 2.46. The number of fused-ring (bicyclic) bond motifs is 3. The fraction of sp³-hybridized carbons (Fsp3) is 0.533. The highest BCUT2D eigenvalue weighted by Gasteiger charge is 2.49. The van der Waals surface area contributed by atoms with Gasteiger partial charge in [0, 0.05) is 18.0 Å². The number of benzene rings is 1. The zero-order valence-electron chi connectivity index (χ0n) is 11.8. The Hall–Kier alpha value is -1.75. The molecular weight excluding hydrogens is 258 g/mol. The van der Waals surface area contributed by atoms with E-state index in [4.69, 9.17) is 9.47 Å². The van der Waals surface area contributed by atoms with Gasteiger partial charge in [0.15, 0.2) is 0 Å². The molecule has 1 aromatic rings. The molecule has 108 valence electrons. The molecule has 0 aromatic heterocycles. The quantitative estimate of drug-likeness (QED) is 0.902. The van der Waals surface area contributed by atoms with Gasteiger partial charge in [-0.05, 0) is 25.5 Å². The van der Waals surface area contributed by atoms with Gasteiger partial charge in [0.1, 0.15) is 5.75 Å². The number of carboxylic acid groups (broad SMARTS) is 1. The number of ether oxygens (including phenoxy) is 2. The van der Waals surface area contributed by atoms with E-state index >= 15 is 0 Å². The summed E-state index contributed by atoms with van der Waals surface area (Å²) < 4.78 is 11.6. The minimum Gasteiger partial charge on any atom is -0.493 e. The van der Waals surface area contributed by atoms with E-state index < -0.39 is 11.7 Å². The van der Waals surface area contributed by atoms with E-state index in [-0.39, 0.29) is 5.92 Å². The van der Waals surface area contributed by atoms with Crippen LogP contribution in [0.5, 0.6) is 5.75 Å². The lowest BCUT2D eigenvalue weighted by Crippen LogP contribution is -2.40. The summed E-state index contributed by atoms with van der Waals surface area (Å²) in [6, 6.07) is 5.98. The van der Waals surface area contributed by atoms with Crippen molar-refractivity contribution in [2.45, 2.75) is 32.0 Å². The highest BCUT2D eigenvalue weighted by atomic mass is 16.5. The molecule has 20 heavy (non-hydrogen) atoms. The number of amides is 1. The molecule has 3 rings (SSSR count). The predicted octanol–water partition coefficient (Wildman–Crippen LogP) is 2.45. The summed E-state index contributed by atoms with van der Waals surface area (Å²) in [6.07, 6.45) is -0.883. The van der Waals surface area contributed by atoms with Crippen LogP contribution in [-0.2, 0) is 11.3 Å². The molecule has 5 nitrogen and oxygen atoms in total. The van der Waals surface area contributed by atoms with E-state index in [1.807, 2.05) is 26.0 Å². The number of likely N-dealkylation sites (tertiary alicyclic amines) is 1.